The number of Topliss-reactive ketones (excluding diaryl/α,β-unsaturated/α-hetero) is 2. The molecule has 1 aromatic carbocycles. The van der Waals surface area contributed by atoms with E-state index in [1.807, 2.05) is 5.43 Å². The van der Waals surface area contributed by atoms with Crippen LogP contribution in [0, 0.1) is 20.2 Å². The van der Waals surface area contributed by atoms with E-state index in [0.29, 0.717) is 0 Å². The Morgan fingerprint density at radius 2 is 1.46 bits per heavy atom. The lowest BCUT2D eigenvalue weighted by atomic mass is 10.2. The number of nitro groups is 2. The highest BCUT2D eigenvalue weighted by molar-refractivity contribution is 6.33. The summed E-state index contributed by atoms with van der Waals surface area (Å²) in [5, 5.41) is 21.8. The average molecular weight is 370 g/mol. The maximum absolute atomic E-state index is 11.3. The first kappa shape index (κ1) is 20.1. The molecule has 0 saturated carbocycles. The first-order valence-electron chi connectivity index (χ1n) is 6.49. The number of nitrogens with one attached hydrogen (secondary N) is 1. The van der Waals surface area contributed by atoms with Crippen molar-refractivity contribution in [3.8, 4) is 0 Å². The number of hydrogen-bond donors (Lipinski definition) is 1. The van der Waals surface area contributed by atoms with Gasteiger partial charge < -0.3 is 9.68 Å². The van der Waals surface area contributed by atoms with E-state index >= 15 is 0 Å². The second kappa shape index (κ2) is 8.25. The minimum atomic E-state index is -1.55. The van der Waals surface area contributed by atoms with Crippen molar-refractivity contribution in [3.63, 3.8) is 0 Å². The molecule has 1 N–H and O–H groups in total. The minimum Gasteiger partial charge on any atom is -0.306 e. The first-order chi connectivity index (χ1) is 12.0. The molecule has 0 aliphatic rings. The van der Waals surface area contributed by atoms with Gasteiger partial charge in [0, 0.05) is 19.9 Å². The van der Waals surface area contributed by atoms with Crippen LogP contribution in [0.15, 0.2) is 18.2 Å². The van der Waals surface area contributed by atoms with Gasteiger partial charge in [0.15, 0.2) is 0 Å². The van der Waals surface area contributed by atoms with Crippen LogP contribution in [-0.2, 0) is 28.9 Å². The van der Waals surface area contributed by atoms with Crippen LogP contribution in [0.1, 0.15) is 13.8 Å². The zero-order valence-electron chi connectivity index (χ0n) is 13.2. The molecule has 0 bridgehead atoms. The molecule has 0 aromatic heterocycles. The van der Waals surface area contributed by atoms with Crippen molar-refractivity contribution in [2.24, 2.45) is 0 Å². The van der Waals surface area contributed by atoms with E-state index in [4.69, 9.17) is 0 Å². The Labute approximate surface area is 143 Å². The van der Waals surface area contributed by atoms with E-state index in [1.54, 1.807) is 0 Å². The summed E-state index contributed by atoms with van der Waals surface area (Å²) in [5.74, 6) is -5.38. The van der Waals surface area contributed by atoms with Crippen LogP contribution in [0.5, 0.6) is 0 Å². The zero-order chi connectivity index (χ0) is 20.0. The van der Waals surface area contributed by atoms with Gasteiger partial charge in [0.25, 0.3) is 0 Å². The summed E-state index contributed by atoms with van der Waals surface area (Å²) in [7, 11) is 0. The topological polar surface area (TPSA) is 188 Å². The van der Waals surface area contributed by atoms with Crippen molar-refractivity contribution in [2.45, 2.75) is 13.8 Å². The van der Waals surface area contributed by atoms with E-state index in [1.165, 1.54) is 0 Å². The van der Waals surface area contributed by atoms with Crippen LogP contribution < -0.4 is 5.43 Å². The van der Waals surface area contributed by atoms with Crippen LogP contribution in [-0.4, -0.2) is 38.7 Å². The molecule has 0 atom stereocenters. The fourth-order valence-electron chi connectivity index (χ4n) is 1.40. The largest absolute Gasteiger partial charge is 0.397 e. The number of hydrogen-bond acceptors (Lipinski definition) is 12. The van der Waals surface area contributed by atoms with Gasteiger partial charge in [-0.05, 0) is 6.07 Å². The lowest BCUT2D eigenvalue weighted by Gasteiger charge is -2.19. The molecular formula is C12H10N4O10. The van der Waals surface area contributed by atoms with Crippen molar-refractivity contribution in [3.05, 3.63) is 38.4 Å². The number of ketones is 2. The highest BCUT2D eigenvalue weighted by Gasteiger charge is 2.31. The lowest BCUT2D eigenvalue weighted by Crippen LogP contribution is -2.38. The molecule has 14 heteroatoms. The monoisotopic (exact) mass is 370 g/mol. The van der Waals surface area contributed by atoms with Crippen LogP contribution >= 0.6 is 0 Å². The molecule has 0 spiro atoms. The number of nitrogens with zero attached hydrogens (tertiary/aromatic N) is 3. The molecule has 138 valence electrons. The molecule has 0 radical (unpaired) electrons. The van der Waals surface area contributed by atoms with Gasteiger partial charge in [-0.3, -0.25) is 29.8 Å². The Morgan fingerprint density at radius 3 is 1.85 bits per heavy atom. The minimum absolute atomic E-state index is 0.195. The maximum atomic E-state index is 11.3. The molecule has 0 fully saturated rings. The Bertz CT molecular complexity index is 777. The smallest absolute Gasteiger partial charge is 0.306 e. The van der Waals surface area contributed by atoms with Crippen molar-refractivity contribution in [1.29, 1.82) is 0 Å². The summed E-state index contributed by atoms with van der Waals surface area (Å²) in [6, 6.07) is 2.84. The van der Waals surface area contributed by atoms with E-state index < -0.39 is 50.4 Å². The molecule has 1 aromatic rings. The lowest BCUT2D eigenvalue weighted by molar-refractivity contribution is -0.422. The second-order valence-corrected chi connectivity index (χ2v) is 4.43. The SMILES string of the molecule is CC(=O)C(=O)ON(Nc1cccc([N+](=O)[O-])c1[N+](=O)[O-])OC(=O)C(C)=O. The molecule has 14 nitrogen and oxygen atoms in total. The van der Waals surface area contributed by atoms with E-state index in [-0.39, 0.29) is 5.34 Å². The third-order valence-corrected chi connectivity index (χ3v) is 2.51. The Morgan fingerprint density at radius 1 is 0.962 bits per heavy atom. The van der Waals surface area contributed by atoms with Crippen molar-refractivity contribution in [1.82, 2.24) is 5.34 Å². The summed E-state index contributed by atoms with van der Waals surface area (Å²) in [5.41, 5.74) is -0.711. The fraction of sp³-hybridized carbons (Fsp3) is 0.167. The highest BCUT2D eigenvalue weighted by atomic mass is 17.0. The maximum Gasteiger partial charge on any atom is 0.397 e. The predicted molar refractivity (Wildman–Crippen MR) is 78.8 cm³/mol. The Kier molecular flexibility index (Phi) is 6.38. The molecular weight excluding hydrogens is 360 g/mol. The molecule has 0 saturated heterocycles. The number of nitro benzene ring substituents is 2. The number of benzene rings is 1. The quantitative estimate of drug-likeness (QED) is 0.373. The number of rotatable bonds is 8. The van der Waals surface area contributed by atoms with Gasteiger partial charge in [0.2, 0.25) is 11.6 Å². The van der Waals surface area contributed by atoms with Crippen LogP contribution in [0.2, 0.25) is 0 Å². The third-order valence-electron chi connectivity index (χ3n) is 2.51. The Balaban J connectivity index is 3.27. The molecule has 0 aliphatic carbocycles. The van der Waals surface area contributed by atoms with Gasteiger partial charge in [0.1, 0.15) is 11.0 Å². The van der Waals surface area contributed by atoms with Gasteiger partial charge in [0.05, 0.1) is 9.85 Å². The number of carbonyl (C=O) groups is 4. The summed E-state index contributed by atoms with van der Waals surface area (Å²) in [4.78, 5) is 73.0. The van der Waals surface area contributed by atoms with Gasteiger partial charge in [-0.25, -0.2) is 15.0 Å². The summed E-state index contributed by atoms with van der Waals surface area (Å²) >= 11 is 0. The molecule has 0 heterocycles. The van der Waals surface area contributed by atoms with E-state index in [9.17, 15) is 39.4 Å². The van der Waals surface area contributed by atoms with Gasteiger partial charge in [-0.2, -0.15) is 0 Å². The standard InChI is InChI=1S/C12H10N4O10/c1-6(17)11(19)25-16(26-12(20)7(2)18)13-8-4-3-5-9(14(21)22)10(8)15(23)24/h3-5,13H,1-2H3. The molecule has 26 heavy (non-hydrogen) atoms. The molecule has 0 unspecified atom stereocenters. The van der Waals surface area contributed by atoms with E-state index in [2.05, 4.69) is 9.68 Å². The normalized spacial score (nSPS) is 9.96. The predicted octanol–water partition coefficient (Wildman–Crippen LogP) is 0.226. The molecule has 0 aliphatic heterocycles. The van der Waals surface area contributed by atoms with Gasteiger partial charge in [-0.1, -0.05) is 6.07 Å². The summed E-state index contributed by atoms with van der Waals surface area (Å²) in [6.45, 7) is 1.62. The van der Waals surface area contributed by atoms with Crippen LogP contribution in [0.25, 0.3) is 0 Å². The third kappa shape index (κ3) is 5.03. The van der Waals surface area contributed by atoms with Crippen molar-refractivity contribution >= 4 is 40.6 Å². The fourth-order valence-corrected chi connectivity index (χ4v) is 1.40. The van der Waals surface area contributed by atoms with Crippen LogP contribution in [0.3, 0.4) is 0 Å². The second-order valence-electron chi connectivity index (χ2n) is 4.43. The molecule has 1 rings (SSSR count). The number of hydrazine groups is 1. The number of para-hydroxylation sites is 1. The summed E-state index contributed by atoms with van der Waals surface area (Å²) in [6.07, 6.45) is 0. The van der Waals surface area contributed by atoms with Crippen LogP contribution in [0.4, 0.5) is 17.1 Å². The first-order valence-corrected chi connectivity index (χ1v) is 6.49. The number of anilines is 1. The summed E-state index contributed by atoms with van der Waals surface area (Å²) < 4.78 is 0. The Hall–Kier alpha value is -3.94. The highest BCUT2D eigenvalue weighted by Crippen LogP contribution is 2.34. The van der Waals surface area contributed by atoms with E-state index in [0.717, 1.165) is 32.0 Å². The molecule has 0 amide bonds. The van der Waals surface area contributed by atoms with Crippen molar-refractivity contribution in [2.75, 3.05) is 5.43 Å². The zero-order valence-corrected chi connectivity index (χ0v) is 13.2. The number of carbonyl (C=O) groups excluding carboxylic acids is 4. The van der Waals surface area contributed by atoms with Gasteiger partial charge >= 0.3 is 23.3 Å². The van der Waals surface area contributed by atoms with Gasteiger partial charge in [-0.15, -0.1) is 0 Å². The average Bonchev–Trinajstić information content (AvgIpc) is 2.53. The van der Waals surface area contributed by atoms with Crippen molar-refractivity contribution < 1.29 is 38.7 Å².